The number of fused-ring (bicyclic) bond motifs is 3. The molecule has 3 heterocycles. The Hall–Kier alpha value is -3.64. The number of nitrogens with zero attached hydrogens (tertiary/aromatic N) is 4. The molecule has 0 bridgehead atoms. The second-order valence-electron chi connectivity index (χ2n) is 8.56. The van der Waals surface area contributed by atoms with E-state index in [0.717, 1.165) is 30.7 Å². The summed E-state index contributed by atoms with van der Waals surface area (Å²) < 4.78 is 48.7. The molecule has 0 spiro atoms. The molecule has 3 aromatic rings. The minimum Gasteiger partial charge on any atom is -0.406 e. The van der Waals surface area contributed by atoms with E-state index in [0.29, 0.717) is 37.8 Å². The number of carbonyl (C=O) groups excluding carboxylic acids is 2. The van der Waals surface area contributed by atoms with E-state index in [1.807, 2.05) is 24.3 Å². The summed E-state index contributed by atoms with van der Waals surface area (Å²) >= 11 is 0. The summed E-state index contributed by atoms with van der Waals surface area (Å²) in [5.74, 6) is -0.737. The predicted molar refractivity (Wildman–Crippen MR) is 125 cm³/mol. The molecule has 190 valence electrons. The molecule has 2 aliphatic heterocycles. The minimum atomic E-state index is -4.84. The molecule has 5 rings (SSSR count). The molecule has 12 heteroatoms. The van der Waals surface area contributed by atoms with Crippen molar-refractivity contribution in [2.24, 2.45) is 0 Å². The third-order valence-electron chi connectivity index (χ3n) is 6.16. The molecule has 0 radical (unpaired) electrons. The number of para-hydroxylation sites is 2. The molecule has 36 heavy (non-hydrogen) atoms. The van der Waals surface area contributed by atoms with Crippen molar-refractivity contribution >= 4 is 34.5 Å². The topological polar surface area (TPSA) is 88.9 Å². The zero-order valence-corrected chi connectivity index (χ0v) is 19.2. The maximum atomic E-state index is 13.4. The molecule has 1 aromatic heterocycles. The van der Waals surface area contributed by atoms with Crippen LogP contribution >= 0.6 is 0 Å². The van der Waals surface area contributed by atoms with Crippen molar-refractivity contribution in [1.29, 1.82) is 0 Å². The Morgan fingerprint density at radius 2 is 1.89 bits per heavy atom. The van der Waals surface area contributed by atoms with E-state index in [1.165, 1.54) is 12.1 Å². The summed E-state index contributed by atoms with van der Waals surface area (Å²) in [5, 5.41) is 2.57. The fourth-order valence-corrected chi connectivity index (χ4v) is 4.53. The van der Waals surface area contributed by atoms with Gasteiger partial charge in [-0.05, 0) is 24.3 Å². The second-order valence-corrected chi connectivity index (χ2v) is 8.56. The Labute approximate surface area is 204 Å². The lowest BCUT2D eigenvalue weighted by atomic mass is 10.1. The summed E-state index contributed by atoms with van der Waals surface area (Å²) in [5.41, 5.74) is 1.57. The highest BCUT2D eigenvalue weighted by atomic mass is 19.4. The zero-order valence-electron chi connectivity index (χ0n) is 19.2. The van der Waals surface area contributed by atoms with Gasteiger partial charge in [0.1, 0.15) is 11.8 Å². The molecule has 0 unspecified atom stereocenters. The fourth-order valence-electron chi connectivity index (χ4n) is 4.53. The number of aromatic nitrogens is 2. The first-order valence-corrected chi connectivity index (χ1v) is 11.5. The second kappa shape index (κ2) is 9.78. The van der Waals surface area contributed by atoms with E-state index in [4.69, 9.17) is 4.74 Å². The predicted octanol–water partition coefficient (Wildman–Crippen LogP) is 3.18. The zero-order chi connectivity index (χ0) is 25.3. The van der Waals surface area contributed by atoms with Gasteiger partial charge in [0, 0.05) is 37.9 Å². The molecule has 2 aliphatic rings. The standard InChI is InChI=1S/C24H24F3N5O4/c25-24(26,27)36-17-5-3-4-16(14-17)28-21(33)15-20-22(34)31(9-8-30-10-12-35-13-11-30)23-29-18-6-1-2-7-19(18)32(20)23/h1-7,14,20H,8-13,15H2,(H,28,33)/t20-/m1/s1. The van der Waals surface area contributed by atoms with Crippen LogP contribution in [0.4, 0.5) is 24.8 Å². The van der Waals surface area contributed by atoms with Gasteiger partial charge in [-0.3, -0.25) is 24.0 Å². The van der Waals surface area contributed by atoms with Crippen LogP contribution in [0.5, 0.6) is 5.75 Å². The quantitative estimate of drug-likeness (QED) is 0.533. The van der Waals surface area contributed by atoms with Crippen molar-refractivity contribution in [2.75, 3.05) is 49.6 Å². The number of morpholine rings is 1. The minimum absolute atomic E-state index is 0.132. The summed E-state index contributed by atoms with van der Waals surface area (Å²) in [4.78, 5) is 34.8. The van der Waals surface area contributed by atoms with Crippen LogP contribution in [0.2, 0.25) is 0 Å². The smallest absolute Gasteiger partial charge is 0.406 e. The number of anilines is 2. The van der Waals surface area contributed by atoms with Crippen LogP contribution in [-0.2, 0) is 14.3 Å². The summed E-state index contributed by atoms with van der Waals surface area (Å²) in [7, 11) is 0. The Kier molecular flexibility index (Phi) is 6.54. The third kappa shape index (κ3) is 5.14. The van der Waals surface area contributed by atoms with Gasteiger partial charge in [0.05, 0.1) is 30.7 Å². The van der Waals surface area contributed by atoms with Crippen molar-refractivity contribution in [3.63, 3.8) is 0 Å². The summed E-state index contributed by atoms with van der Waals surface area (Å²) in [6.07, 6.45) is -5.05. The molecule has 1 fully saturated rings. The number of carbonyl (C=O) groups is 2. The van der Waals surface area contributed by atoms with Gasteiger partial charge in [0.2, 0.25) is 11.9 Å². The number of rotatable bonds is 7. The van der Waals surface area contributed by atoms with Crippen LogP contribution in [0.1, 0.15) is 12.5 Å². The van der Waals surface area contributed by atoms with Crippen molar-refractivity contribution in [2.45, 2.75) is 18.8 Å². The first-order valence-electron chi connectivity index (χ1n) is 11.5. The number of nitrogens with one attached hydrogen (secondary N) is 1. The van der Waals surface area contributed by atoms with Crippen molar-refractivity contribution in [1.82, 2.24) is 14.5 Å². The molecule has 9 nitrogen and oxygen atoms in total. The molecule has 2 aromatic carbocycles. The Morgan fingerprint density at radius 1 is 1.11 bits per heavy atom. The van der Waals surface area contributed by atoms with Gasteiger partial charge in [0.15, 0.2) is 0 Å². The van der Waals surface area contributed by atoms with E-state index in [9.17, 15) is 22.8 Å². The van der Waals surface area contributed by atoms with E-state index < -0.39 is 24.1 Å². The fraction of sp³-hybridized carbons (Fsp3) is 0.375. The molecular formula is C24H24F3N5O4. The largest absolute Gasteiger partial charge is 0.573 e. The van der Waals surface area contributed by atoms with Gasteiger partial charge in [-0.25, -0.2) is 4.98 Å². The van der Waals surface area contributed by atoms with Gasteiger partial charge in [-0.1, -0.05) is 18.2 Å². The highest BCUT2D eigenvalue weighted by molar-refractivity contribution is 6.05. The Bertz CT molecular complexity index is 1270. The molecule has 0 saturated carbocycles. The van der Waals surface area contributed by atoms with Crippen LogP contribution in [0.25, 0.3) is 11.0 Å². The lowest BCUT2D eigenvalue weighted by Crippen LogP contribution is -2.42. The van der Waals surface area contributed by atoms with Gasteiger partial charge >= 0.3 is 6.36 Å². The van der Waals surface area contributed by atoms with Crippen LogP contribution in [0, 0.1) is 0 Å². The van der Waals surface area contributed by atoms with Crippen LogP contribution < -0.4 is 15.0 Å². The average Bonchev–Trinajstić information content (AvgIpc) is 3.32. The van der Waals surface area contributed by atoms with Gasteiger partial charge in [-0.2, -0.15) is 0 Å². The van der Waals surface area contributed by atoms with Gasteiger partial charge in [-0.15, -0.1) is 13.2 Å². The molecule has 1 atom stereocenters. The molecule has 1 N–H and O–H groups in total. The maximum Gasteiger partial charge on any atom is 0.573 e. The third-order valence-corrected chi connectivity index (χ3v) is 6.16. The first kappa shape index (κ1) is 24.1. The van der Waals surface area contributed by atoms with Gasteiger partial charge < -0.3 is 14.8 Å². The summed E-state index contributed by atoms with van der Waals surface area (Å²) in [6.45, 7) is 3.90. The number of alkyl halides is 3. The van der Waals surface area contributed by atoms with E-state index in [1.54, 1.807) is 9.47 Å². The average molecular weight is 503 g/mol. The molecule has 0 aliphatic carbocycles. The van der Waals surface area contributed by atoms with Crippen molar-refractivity contribution < 1.29 is 32.2 Å². The number of imidazole rings is 1. The molecular weight excluding hydrogens is 479 g/mol. The normalized spacial score (nSPS) is 18.5. The van der Waals surface area contributed by atoms with Crippen molar-refractivity contribution in [3.8, 4) is 5.75 Å². The number of hydrogen-bond donors (Lipinski definition) is 1. The molecule has 2 amide bonds. The molecule has 1 saturated heterocycles. The highest BCUT2D eigenvalue weighted by Gasteiger charge is 2.41. The maximum absolute atomic E-state index is 13.4. The van der Waals surface area contributed by atoms with Crippen molar-refractivity contribution in [3.05, 3.63) is 48.5 Å². The van der Waals surface area contributed by atoms with E-state index >= 15 is 0 Å². The van der Waals surface area contributed by atoms with Crippen LogP contribution in [0.15, 0.2) is 48.5 Å². The number of halogens is 3. The number of amides is 2. The van der Waals surface area contributed by atoms with E-state index in [-0.39, 0.29) is 18.0 Å². The highest BCUT2D eigenvalue weighted by Crippen LogP contribution is 2.36. The summed E-state index contributed by atoms with van der Waals surface area (Å²) in [6, 6.07) is 11.5. The lowest BCUT2D eigenvalue weighted by molar-refractivity contribution is -0.274. The Morgan fingerprint density at radius 3 is 2.67 bits per heavy atom. The SMILES string of the molecule is O=C(C[C@@H]1C(=O)N(CCN2CCOCC2)c2nc3ccccc3n21)Nc1cccc(OC(F)(F)F)c1. The lowest BCUT2D eigenvalue weighted by Gasteiger charge is -2.28. The van der Waals surface area contributed by atoms with Gasteiger partial charge in [0.25, 0.3) is 5.91 Å². The first-order chi connectivity index (χ1) is 17.3. The number of hydrogen-bond acceptors (Lipinski definition) is 6. The monoisotopic (exact) mass is 503 g/mol. The van der Waals surface area contributed by atoms with Crippen LogP contribution in [-0.4, -0.2) is 72.0 Å². The van der Waals surface area contributed by atoms with E-state index in [2.05, 4.69) is 19.9 Å². The van der Waals surface area contributed by atoms with Crippen LogP contribution in [0.3, 0.4) is 0 Å². The Balaban J connectivity index is 1.34. The number of benzene rings is 2. The number of ether oxygens (including phenoxy) is 2.